The standard InChI is InChI=1S/C37H25F3N4O5/c1-47-31-18-11-21(19-32(31)48-2)33-42-29-9-5-3-7-26(29)34(43-33)41-22-12-14-23(15-13-22)49-24-16-17-25-27(20-24)36(46)44(35(25)45)30-10-6-4-8-28(30)37(38,39)40/h3-20H,1-2H3,(H,41,42,43). The number of ether oxygens (including phenoxy) is 3. The van der Waals surface area contributed by atoms with E-state index in [-0.39, 0.29) is 16.9 Å². The minimum absolute atomic E-state index is 0.0154. The van der Waals surface area contributed by atoms with Crippen LogP contribution in [0.3, 0.4) is 0 Å². The number of methoxy groups -OCH3 is 2. The number of nitrogens with one attached hydrogen (secondary N) is 1. The number of alkyl halides is 3. The number of nitrogens with zero attached hydrogens (tertiary/aromatic N) is 3. The quantitative estimate of drug-likeness (QED) is 0.162. The van der Waals surface area contributed by atoms with Crippen LogP contribution in [0.5, 0.6) is 23.0 Å². The predicted molar refractivity (Wildman–Crippen MR) is 177 cm³/mol. The molecule has 7 rings (SSSR count). The van der Waals surface area contributed by atoms with Gasteiger partial charge in [0, 0.05) is 16.6 Å². The lowest BCUT2D eigenvalue weighted by molar-refractivity contribution is -0.137. The van der Waals surface area contributed by atoms with E-state index in [2.05, 4.69) is 5.32 Å². The topological polar surface area (TPSA) is 103 Å². The van der Waals surface area contributed by atoms with Crippen LogP contribution in [0.25, 0.3) is 22.3 Å². The van der Waals surface area contributed by atoms with Crippen LogP contribution in [0.2, 0.25) is 0 Å². The summed E-state index contributed by atoms with van der Waals surface area (Å²) >= 11 is 0. The number of anilines is 3. The van der Waals surface area contributed by atoms with E-state index in [9.17, 15) is 22.8 Å². The molecule has 2 amide bonds. The highest BCUT2D eigenvalue weighted by molar-refractivity contribution is 6.34. The van der Waals surface area contributed by atoms with Crippen molar-refractivity contribution in [3.05, 3.63) is 126 Å². The largest absolute Gasteiger partial charge is 0.493 e. The molecule has 2 heterocycles. The van der Waals surface area contributed by atoms with Crippen molar-refractivity contribution in [2.24, 2.45) is 0 Å². The highest BCUT2D eigenvalue weighted by atomic mass is 19.4. The zero-order valence-corrected chi connectivity index (χ0v) is 25.9. The van der Waals surface area contributed by atoms with Gasteiger partial charge in [0.25, 0.3) is 11.8 Å². The molecule has 5 aromatic carbocycles. The van der Waals surface area contributed by atoms with Crippen LogP contribution in [-0.4, -0.2) is 36.0 Å². The van der Waals surface area contributed by atoms with Gasteiger partial charge in [0.05, 0.1) is 42.1 Å². The van der Waals surface area contributed by atoms with Gasteiger partial charge in [0.15, 0.2) is 17.3 Å². The molecule has 0 saturated heterocycles. The molecule has 6 aromatic rings. The molecule has 0 bridgehead atoms. The molecule has 9 nitrogen and oxygen atoms in total. The maximum absolute atomic E-state index is 13.7. The zero-order chi connectivity index (χ0) is 34.3. The van der Waals surface area contributed by atoms with Crippen LogP contribution in [0.4, 0.5) is 30.4 Å². The summed E-state index contributed by atoms with van der Waals surface area (Å²) in [6.07, 6.45) is -4.76. The van der Waals surface area contributed by atoms with Crippen LogP contribution in [0.15, 0.2) is 109 Å². The maximum atomic E-state index is 13.7. The SMILES string of the molecule is COc1ccc(-c2nc(Nc3ccc(Oc4ccc5c(c4)C(=O)N(c4ccccc4C(F)(F)F)C5=O)cc3)c3ccccc3n2)cc1OC. The summed E-state index contributed by atoms with van der Waals surface area (Å²) in [6.45, 7) is 0. The van der Waals surface area contributed by atoms with Gasteiger partial charge in [-0.05, 0) is 84.9 Å². The van der Waals surface area contributed by atoms with E-state index in [1.807, 2.05) is 30.3 Å². The molecule has 0 fully saturated rings. The average Bonchev–Trinajstić information content (AvgIpc) is 3.36. The number of carbonyl (C=O) groups excluding carboxylic acids is 2. The Morgan fingerprint density at radius 3 is 2.14 bits per heavy atom. The summed E-state index contributed by atoms with van der Waals surface area (Å²) < 4.78 is 57.8. The number of halogens is 3. The molecule has 49 heavy (non-hydrogen) atoms. The molecule has 1 N–H and O–H groups in total. The molecule has 1 aromatic heterocycles. The Kier molecular flexibility index (Phi) is 7.83. The van der Waals surface area contributed by atoms with Gasteiger partial charge >= 0.3 is 6.18 Å². The van der Waals surface area contributed by atoms with Gasteiger partial charge in [-0.2, -0.15) is 13.2 Å². The molecular formula is C37H25F3N4O5. The molecule has 0 aliphatic carbocycles. The van der Waals surface area contributed by atoms with Gasteiger partial charge in [-0.25, -0.2) is 14.9 Å². The molecule has 1 aliphatic heterocycles. The summed E-state index contributed by atoms with van der Waals surface area (Å²) in [5.41, 5.74) is 0.480. The number of aromatic nitrogens is 2. The second kappa shape index (κ2) is 12.3. The Morgan fingerprint density at radius 1 is 0.694 bits per heavy atom. The Balaban J connectivity index is 1.12. The van der Waals surface area contributed by atoms with Crippen molar-refractivity contribution in [2.45, 2.75) is 6.18 Å². The van der Waals surface area contributed by atoms with E-state index in [1.165, 1.54) is 30.3 Å². The van der Waals surface area contributed by atoms with Crippen molar-refractivity contribution in [2.75, 3.05) is 24.4 Å². The molecule has 0 unspecified atom stereocenters. The number of fused-ring (bicyclic) bond motifs is 2. The van der Waals surface area contributed by atoms with E-state index in [0.29, 0.717) is 39.5 Å². The first-order valence-corrected chi connectivity index (χ1v) is 14.9. The van der Waals surface area contributed by atoms with Gasteiger partial charge < -0.3 is 19.5 Å². The molecule has 12 heteroatoms. The Morgan fingerprint density at radius 2 is 1.39 bits per heavy atom. The third-order valence-electron chi connectivity index (χ3n) is 7.91. The summed E-state index contributed by atoms with van der Waals surface area (Å²) in [4.78, 5) is 36.4. The number of hydrogen-bond donors (Lipinski definition) is 1. The molecule has 0 radical (unpaired) electrons. The second-order valence-electron chi connectivity index (χ2n) is 10.9. The fraction of sp³-hybridized carbons (Fsp3) is 0.0811. The van der Waals surface area contributed by atoms with Gasteiger partial charge in [0.2, 0.25) is 0 Å². The van der Waals surface area contributed by atoms with Gasteiger partial charge in [-0.15, -0.1) is 0 Å². The molecule has 1 aliphatic rings. The first-order chi connectivity index (χ1) is 23.6. The zero-order valence-electron chi connectivity index (χ0n) is 25.9. The first-order valence-electron chi connectivity index (χ1n) is 14.9. The normalized spacial score (nSPS) is 12.6. The number of imide groups is 1. The summed E-state index contributed by atoms with van der Waals surface area (Å²) in [5, 5.41) is 4.15. The van der Waals surface area contributed by atoms with Crippen molar-refractivity contribution in [3.63, 3.8) is 0 Å². The van der Waals surface area contributed by atoms with Crippen LogP contribution in [0, 0.1) is 0 Å². The van der Waals surface area contributed by atoms with Crippen molar-refractivity contribution >= 4 is 39.9 Å². The van der Waals surface area contributed by atoms with E-state index in [4.69, 9.17) is 24.2 Å². The second-order valence-corrected chi connectivity index (χ2v) is 10.9. The lowest BCUT2D eigenvalue weighted by atomic mass is 10.1. The lowest BCUT2D eigenvalue weighted by Gasteiger charge is -2.19. The molecular weight excluding hydrogens is 637 g/mol. The average molecular weight is 663 g/mol. The predicted octanol–water partition coefficient (Wildman–Crippen LogP) is 8.67. The summed E-state index contributed by atoms with van der Waals surface area (Å²) in [5.74, 6) is 1.12. The molecule has 0 saturated carbocycles. The van der Waals surface area contributed by atoms with Crippen LogP contribution >= 0.6 is 0 Å². The fourth-order valence-corrected chi connectivity index (χ4v) is 5.57. The number of rotatable bonds is 8. The molecule has 244 valence electrons. The Bertz CT molecular complexity index is 2260. The number of hydrogen-bond acceptors (Lipinski definition) is 8. The van der Waals surface area contributed by atoms with E-state index in [1.54, 1.807) is 50.6 Å². The third-order valence-corrected chi connectivity index (χ3v) is 7.91. The maximum Gasteiger partial charge on any atom is 0.418 e. The van der Waals surface area contributed by atoms with Crippen LogP contribution in [0.1, 0.15) is 26.3 Å². The summed E-state index contributed by atoms with van der Waals surface area (Å²) in [6, 6.07) is 28.7. The van der Waals surface area contributed by atoms with Crippen LogP contribution < -0.4 is 24.4 Å². The Labute approximate surface area is 277 Å². The smallest absolute Gasteiger partial charge is 0.418 e. The lowest BCUT2D eigenvalue weighted by Crippen LogP contribution is -2.31. The number of amides is 2. The fourth-order valence-electron chi connectivity index (χ4n) is 5.57. The van der Waals surface area contributed by atoms with E-state index < -0.39 is 29.2 Å². The number of carbonyl (C=O) groups is 2. The molecule has 0 spiro atoms. The van der Waals surface area contributed by atoms with E-state index in [0.717, 1.165) is 28.6 Å². The highest BCUT2D eigenvalue weighted by Gasteiger charge is 2.42. The van der Waals surface area contributed by atoms with Crippen LogP contribution in [-0.2, 0) is 6.18 Å². The van der Waals surface area contributed by atoms with Crippen molar-refractivity contribution in [3.8, 4) is 34.4 Å². The first kappa shape index (κ1) is 31.2. The number of benzene rings is 5. The van der Waals surface area contributed by atoms with Gasteiger partial charge in [-0.3, -0.25) is 9.59 Å². The van der Waals surface area contributed by atoms with Gasteiger partial charge in [0.1, 0.15) is 17.3 Å². The minimum atomic E-state index is -4.76. The highest BCUT2D eigenvalue weighted by Crippen LogP contribution is 2.40. The number of para-hydroxylation sites is 2. The van der Waals surface area contributed by atoms with Crippen molar-refractivity contribution < 1.29 is 37.0 Å². The van der Waals surface area contributed by atoms with E-state index >= 15 is 0 Å². The third kappa shape index (κ3) is 5.84. The molecule has 0 atom stereocenters. The van der Waals surface area contributed by atoms with Crippen molar-refractivity contribution in [1.29, 1.82) is 0 Å². The van der Waals surface area contributed by atoms with Gasteiger partial charge in [-0.1, -0.05) is 24.3 Å². The minimum Gasteiger partial charge on any atom is -0.493 e. The Hall–Kier alpha value is -6.43. The summed E-state index contributed by atoms with van der Waals surface area (Å²) in [7, 11) is 3.12. The monoisotopic (exact) mass is 662 g/mol. The van der Waals surface area contributed by atoms with Crippen molar-refractivity contribution in [1.82, 2.24) is 9.97 Å².